The Balaban J connectivity index is 2.48. The average Bonchev–Trinajstić information content (AvgIpc) is 2.32. The lowest BCUT2D eigenvalue weighted by atomic mass is 10.00. The van der Waals surface area contributed by atoms with Gasteiger partial charge in [-0.25, -0.2) is 8.78 Å². The Bertz CT molecular complexity index is 381. The lowest BCUT2D eigenvalue weighted by Crippen LogP contribution is -2.05. The van der Waals surface area contributed by atoms with Crippen LogP contribution >= 0.6 is 11.8 Å². The minimum absolute atomic E-state index is 0.259. The Kier molecular flexibility index (Phi) is 2.98. The van der Waals surface area contributed by atoms with Gasteiger partial charge in [-0.2, -0.15) is 11.8 Å². The zero-order valence-electron chi connectivity index (χ0n) is 8.34. The summed E-state index contributed by atoms with van der Waals surface area (Å²) in [5, 5.41) is 10.1. The first-order valence-electron chi connectivity index (χ1n) is 4.86. The zero-order valence-corrected chi connectivity index (χ0v) is 9.15. The molecule has 0 spiro atoms. The molecular weight excluding hydrogens is 218 g/mol. The fraction of sp³-hybridized carbons (Fsp3) is 0.455. The van der Waals surface area contributed by atoms with Crippen LogP contribution in [0.25, 0.3) is 0 Å². The molecule has 1 aliphatic heterocycles. The van der Waals surface area contributed by atoms with Gasteiger partial charge in [0.05, 0.1) is 6.10 Å². The van der Waals surface area contributed by atoms with E-state index in [4.69, 9.17) is 0 Å². The molecule has 0 saturated carbocycles. The van der Waals surface area contributed by atoms with Gasteiger partial charge in [0, 0.05) is 16.6 Å². The number of aliphatic hydroxyl groups excluding tert-OH is 1. The molecule has 0 amide bonds. The maximum Gasteiger partial charge on any atom is 0.163 e. The van der Waals surface area contributed by atoms with Crippen molar-refractivity contribution >= 4 is 11.8 Å². The number of benzene rings is 1. The van der Waals surface area contributed by atoms with Gasteiger partial charge in [0.25, 0.3) is 0 Å². The van der Waals surface area contributed by atoms with Crippen molar-refractivity contribution in [1.82, 2.24) is 0 Å². The largest absolute Gasteiger partial charge is 0.388 e. The van der Waals surface area contributed by atoms with Crippen LogP contribution in [-0.4, -0.2) is 10.4 Å². The molecule has 1 heterocycles. The van der Waals surface area contributed by atoms with Crippen molar-refractivity contribution in [2.45, 2.75) is 30.5 Å². The predicted molar refractivity (Wildman–Crippen MR) is 56.7 cm³/mol. The third kappa shape index (κ3) is 2.01. The lowest BCUT2D eigenvalue weighted by molar-refractivity contribution is 0.167. The number of hydrogen-bond donors (Lipinski definition) is 1. The summed E-state index contributed by atoms with van der Waals surface area (Å²) in [5.74, 6) is -1.22. The van der Waals surface area contributed by atoms with Crippen LogP contribution in [0.5, 0.6) is 0 Å². The van der Waals surface area contributed by atoms with E-state index in [1.807, 2.05) is 6.92 Å². The summed E-state index contributed by atoms with van der Waals surface area (Å²) in [5.41, 5.74) is 0.850. The van der Waals surface area contributed by atoms with E-state index in [1.54, 1.807) is 11.8 Å². The Hall–Kier alpha value is -0.610. The second-order valence-corrected chi connectivity index (χ2v) is 5.23. The lowest BCUT2D eigenvalue weighted by Gasteiger charge is -2.12. The molecule has 0 saturated heterocycles. The van der Waals surface area contributed by atoms with Crippen LogP contribution < -0.4 is 0 Å². The topological polar surface area (TPSA) is 20.2 Å². The summed E-state index contributed by atoms with van der Waals surface area (Å²) in [4.78, 5) is 0. The molecule has 1 aliphatic rings. The molecule has 15 heavy (non-hydrogen) atoms. The third-order valence-corrected chi connectivity index (χ3v) is 3.88. The van der Waals surface area contributed by atoms with E-state index >= 15 is 0 Å². The first-order valence-corrected chi connectivity index (χ1v) is 5.91. The molecule has 0 bridgehead atoms. The maximum atomic E-state index is 13.5. The van der Waals surface area contributed by atoms with Crippen molar-refractivity contribution in [3.05, 3.63) is 34.9 Å². The molecule has 1 nitrogen and oxygen atoms in total. The number of halogens is 2. The van der Waals surface area contributed by atoms with Crippen LogP contribution in [0.3, 0.4) is 0 Å². The van der Waals surface area contributed by atoms with Gasteiger partial charge in [0.1, 0.15) is 0 Å². The highest BCUT2D eigenvalue weighted by molar-refractivity contribution is 7.99. The van der Waals surface area contributed by atoms with E-state index in [1.165, 1.54) is 6.07 Å². The van der Waals surface area contributed by atoms with E-state index in [2.05, 4.69) is 0 Å². The molecule has 0 radical (unpaired) electrons. The zero-order chi connectivity index (χ0) is 11.0. The second kappa shape index (κ2) is 4.10. The van der Waals surface area contributed by atoms with Gasteiger partial charge >= 0.3 is 0 Å². The van der Waals surface area contributed by atoms with Crippen LogP contribution in [0.15, 0.2) is 12.1 Å². The van der Waals surface area contributed by atoms with Crippen LogP contribution in [0.4, 0.5) is 8.78 Å². The number of thioether (sulfide) groups is 1. The third-order valence-electron chi connectivity index (χ3n) is 2.66. The van der Waals surface area contributed by atoms with E-state index in [0.29, 0.717) is 23.3 Å². The number of hydrogen-bond acceptors (Lipinski definition) is 2. The predicted octanol–water partition coefficient (Wildman–Crippen LogP) is 3.02. The summed E-state index contributed by atoms with van der Waals surface area (Å²) >= 11 is 1.54. The Labute approximate surface area is 91.5 Å². The SMILES string of the molecule is CC1C[C@H](O)c2ccc(F)c(F)c2CS1. The normalized spacial score (nSPS) is 25.9. The van der Waals surface area contributed by atoms with E-state index < -0.39 is 17.7 Å². The summed E-state index contributed by atoms with van der Waals surface area (Å²) in [6.07, 6.45) is -0.0944. The molecule has 0 fully saturated rings. The van der Waals surface area contributed by atoms with Crippen LogP contribution in [0.2, 0.25) is 0 Å². The van der Waals surface area contributed by atoms with Gasteiger partial charge in [-0.05, 0) is 18.1 Å². The molecule has 1 N–H and O–H groups in total. The summed E-state index contributed by atoms with van der Waals surface area (Å²) in [6, 6.07) is 2.56. The monoisotopic (exact) mass is 230 g/mol. The van der Waals surface area contributed by atoms with Crippen molar-refractivity contribution in [2.24, 2.45) is 0 Å². The highest BCUT2D eigenvalue weighted by atomic mass is 32.2. The van der Waals surface area contributed by atoms with Gasteiger partial charge in [-0.1, -0.05) is 13.0 Å². The molecule has 0 aromatic heterocycles. The quantitative estimate of drug-likeness (QED) is 0.739. The highest BCUT2D eigenvalue weighted by Crippen LogP contribution is 2.36. The molecular formula is C11H12F2OS. The standard InChI is InChI=1S/C11H12F2OS/c1-6-4-10(14)7-2-3-9(12)11(13)8(7)5-15-6/h2-3,6,10,14H,4-5H2,1H3/t6?,10-/m0/s1. The summed E-state index contributed by atoms with van der Waals surface area (Å²) in [7, 11) is 0. The van der Waals surface area contributed by atoms with Crippen molar-refractivity contribution < 1.29 is 13.9 Å². The summed E-state index contributed by atoms with van der Waals surface area (Å²) < 4.78 is 26.5. The second-order valence-electron chi connectivity index (χ2n) is 3.80. The Morgan fingerprint density at radius 1 is 1.40 bits per heavy atom. The highest BCUT2D eigenvalue weighted by Gasteiger charge is 2.24. The Morgan fingerprint density at radius 2 is 2.13 bits per heavy atom. The molecule has 4 heteroatoms. The molecule has 2 atom stereocenters. The fourth-order valence-corrected chi connectivity index (χ4v) is 2.86. The van der Waals surface area contributed by atoms with Crippen LogP contribution in [0, 0.1) is 11.6 Å². The van der Waals surface area contributed by atoms with Gasteiger partial charge in [-0.15, -0.1) is 0 Å². The molecule has 1 aromatic carbocycles. The van der Waals surface area contributed by atoms with Gasteiger partial charge in [0.15, 0.2) is 11.6 Å². The molecule has 0 aliphatic carbocycles. The van der Waals surface area contributed by atoms with Crippen LogP contribution in [-0.2, 0) is 5.75 Å². The first kappa shape index (κ1) is 10.9. The van der Waals surface area contributed by atoms with Gasteiger partial charge < -0.3 is 5.11 Å². The summed E-state index contributed by atoms with van der Waals surface area (Å²) in [6.45, 7) is 1.98. The van der Waals surface area contributed by atoms with Crippen molar-refractivity contribution in [3.8, 4) is 0 Å². The number of aliphatic hydroxyl groups is 1. The van der Waals surface area contributed by atoms with Crippen molar-refractivity contribution in [1.29, 1.82) is 0 Å². The van der Waals surface area contributed by atoms with Gasteiger partial charge in [-0.3, -0.25) is 0 Å². The number of rotatable bonds is 0. The number of fused-ring (bicyclic) bond motifs is 1. The molecule has 1 unspecified atom stereocenters. The Morgan fingerprint density at radius 3 is 2.87 bits per heavy atom. The van der Waals surface area contributed by atoms with Crippen molar-refractivity contribution in [2.75, 3.05) is 0 Å². The molecule has 2 rings (SSSR count). The van der Waals surface area contributed by atoms with E-state index in [9.17, 15) is 13.9 Å². The molecule has 82 valence electrons. The van der Waals surface area contributed by atoms with Crippen LogP contribution in [0.1, 0.15) is 30.6 Å². The van der Waals surface area contributed by atoms with Crippen molar-refractivity contribution in [3.63, 3.8) is 0 Å². The maximum absolute atomic E-state index is 13.5. The minimum atomic E-state index is -0.837. The van der Waals surface area contributed by atoms with Gasteiger partial charge in [0.2, 0.25) is 0 Å². The fourth-order valence-electron chi connectivity index (χ4n) is 1.80. The average molecular weight is 230 g/mol. The van der Waals surface area contributed by atoms with E-state index in [-0.39, 0.29) is 5.25 Å². The molecule has 1 aromatic rings. The van der Waals surface area contributed by atoms with E-state index in [0.717, 1.165) is 6.07 Å². The smallest absolute Gasteiger partial charge is 0.163 e. The first-order chi connectivity index (χ1) is 7.09. The minimum Gasteiger partial charge on any atom is -0.388 e.